The molecule has 1 N–H and O–H groups in total. The zero-order chi connectivity index (χ0) is 16.1. The van der Waals surface area contributed by atoms with Crippen LogP contribution in [0.25, 0.3) is 0 Å². The van der Waals surface area contributed by atoms with Gasteiger partial charge < -0.3 is 10.1 Å². The van der Waals surface area contributed by atoms with Crippen molar-refractivity contribution >= 4 is 29.0 Å². The minimum absolute atomic E-state index is 0.00536. The van der Waals surface area contributed by atoms with Gasteiger partial charge in [0.15, 0.2) is 0 Å². The Morgan fingerprint density at radius 3 is 2.83 bits per heavy atom. The smallest absolute Gasteiger partial charge is 0.251 e. The standard InChI is InChI=1S/C18H21NO2S2/c1-22-15-5-2-4-14(12-15)18(20)19-17(16-6-3-11-23-16)13-7-9-21-10-8-13/h2-6,11-13,17H,7-10H2,1H3,(H,19,20). The average Bonchev–Trinajstić information content (AvgIpc) is 3.14. The van der Waals surface area contributed by atoms with E-state index in [-0.39, 0.29) is 11.9 Å². The maximum absolute atomic E-state index is 12.7. The molecule has 1 saturated heterocycles. The number of hydrogen-bond acceptors (Lipinski definition) is 4. The van der Waals surface area contributed by atoms with Gasteiger partial charge in [0, 0.05) is 28.5 Å². The molecule has 0 spiro atoms. The van der Waals surface area contributed by atoms with E-state index in [4.69, 9.17) is 4.74 Å². The van der Waals surface area contributed by atoms with Gasteiger partial charge in [-0.15, -0.1) is 23.1 Å². The van der Waals surface area contributed by atoms with Gasteiger partial charge in [-0.3, -0.25) is 4.79 Å². The second kappa shape index (κ2) is 7.99. The van der Waals surface area contributed by atoms with Crippen LogP contribution in [-0.2, 0) is 4.74 Å². The summed E-state index contributed by atoms with van der Waals surface area (Å²) < 4.78 is 5.48. The Labute approximate surface area is 145 Å². The quantitative estimate of drug-likeness (QED) is 0.816. The lowest BCUT2D eigenvalue weighted by Crippen LogP contribution is -2.35. The van der Waals surface area contributed by atoms with Crippen molar-refractivity contribution in [2.45, 2.75) is 23.8 Å². The number of benzene rings is 1. The highest BCUT2D eigenvalue weighted by Gasteiger charge is 2.28. The zero-order valence-corrected chi connectivity index (χ0v) is 14.8. The highest BCUT2D eigenvalue weighted by atomic mass is 32.2. The predicted molar refractivity (Wildman–Crippen MR) is 96.3 cm³/mol. The number of carbonyl (C=O) groups is 1. The van der Waals surface area contributed by atoms with Crippen molar-refractivity contribution in [2.24, 2.45) is 5.92 Å². The van der Waals surface area contributed by atoms with Crippen molar-refractivity contribution in [3.8, 4) is 0 Å². The number of ether oxygens (including phenoxy) is 1. The normalized spacial score (nSPS) is 16.9. The summed E-state index contributed by atoms with van der Waals surface area (Å²) in [5, 5.41) is 5.33. The number of nitrogens with one attached hydrogen (secondary N) is 1. The largest absolute Gasteiger partial charge is 0.381 e. The monoisotopic (exact) mass is 347 g/mol. The lowest BCUT2D eigenvalue weighted by Gasteiger charge is -2.30. The number of amides is 1. The first-order valence-corrected chi connectivity index (χ1v) is 9.94. The van der Waals surface area contributed by atoms with Crippen molar-refractivity contribution < 1.29 is 9.53 Å². The van der Waals surface area contributed by atoms with Crippen LogP contribution in [0, 0.1) is 5.92 Å². The molecule has 3 nitrogen and oxygen atoms in total. The summed E-state index contributed by atoms with van der Waals surface area (Å²) in [7, 11) is 0. The summed E-state index contributed by atoms with van der Waals surface area (Å²) in [5.74, 6) is 0.445. The summed E-state index contributed by atoms with van der Waals surface area (Å²) >= 11 is 3.36. The van der Waals surface area contributed by atoms with Gasteiger partial charge in [0.2, 0.25) is 0 Å². The van der Waals surface area contributed by atoms with Crippen LogP contribution in [0.1, 0.15) is 34.1 Å². The molecule has 3 rings (SSSR count). The van der Waals surface area contributed by atoms with Crippen LogP contribution in [0.2, 0.25) is 0 Å². The molecule has 5 heteroatoms. The molecular weight excluding hydrogens is 326 g/mol. The minimum Gasteiger partial charge on any atom is -0.381 e. The molecular formula is C18H21NO2S2. The number of thiophene rings is 1. The molecule has 23 heavy (non-hydrogen) atoms. The highest BCUT2D eigenvalue weighted by Crippen LogP contribution is 2.33. The van der Waals surface area contributed by atoms with E-state index in [1.54, 1.807) is 23.1 Å². The van der Waals surface area contributed by atoms with E-state index >= 15 is 0 Å². The predicted octanol–water partition coefficient (Wildman–Crippen LogP) is 4.37. The Balaban J connectivity index is 1.78. The van der Waals surface area contributed by atoms with Gasteiger partial charge in [-0.25, -0.2) is 0 Å². The van der Waals surface area contributed by atoms with Gasteiger partial charge in [-0.05, 0) is 54.7 Å². The third-order valence-corrected chi connectivity index (χ3v) is 5.89. The number of hydrogen-bond donors (Lipinski definition) is 1. The van der Waals surface area contributed by atoms with Crippen molar-refractivity contribution in [1.29, 1.82) is 0 Å². The molecule has 1 atom stereocenters. The van der Waals surface area contributed by atoms with Gasteiger partial charge in [-0.2, -0.15) is 0 Å². The van der Waals surface area contributed by atoms with Crippen molar-refractivity contribution in [3.63, 3.8) is 0 Å². The molecule has 0 radical (unpaired) electrons. The Hall–Kier alpha value is -1.30. The fraction of sp³-hybridized carbons (Fsp3) is 0.389. The third kappa shape index (κ3) is 4.16. The second-order valence-electron chi connectivity index (χ2n) is 5.65. The molecule has 1 unspecified atom stereocenters. The second-order valence-corrected chi connectivity index (χ2v) is 7.51. The third-order valence-electron chi connectivity index (χ3n) is 4.21. The molecule has 1 fully saturated rings. The van der Waals surface area contributed by atoms with E-state index in [1.807, 2.05) is 36.6 Å². The van der Waals surface area contributed by atoms with Crippen LogP contribution in [0.4, 0.5) is 0 Å². The Bertz CT molecular complexity index is 636. The first-order valence-electron chi connectivity index (χ1n) is 7.84. The molecule has 2 aromatic rings. The maximum atomic E-state index is 12.7. The van der Waals surface area contributed by atoms with Crippen LogP contribution in [0.15, 0.2) is 46.7 Å². The van der Waals surface area contributed by atoms with Crippen LogP contribution in [0.3, 0.4) is 0 Å². The molecule has 1 amide bonds. The summed E-state index contributed by atoms with van der Waals surface area (Å²) in [6, 6.07) is 12.0. The maximum Gasteiger partial charge on any atom is 0.251 e. The average molecular weight is 348 g/mol. The summed E-state index contributed by atoms with van der Waals surface area (Å²) in [6.07, 6.45) is 4.01. The molecule has 0 bridgehead atoms. The minimum atomic E-state index is 0.00536. The van der Waals surface area contributed by atoms with E-state index < -0.39 is 0 Å². The first-order chi connectivity index (χ1) is 11.3. The highest BCUT2D eigenvalue weighted by molar-refractivity contribution is 7.98. The van der Waals surface area contributed by atoms with Gasteiger partial charge in [-0.1, -0.05) is 12.1 Å². The molecule has 1 aromatic carbocycles. The molecule has 2 heterocycles. The van der Waals surface area contributed by atoms with Crippen LogP contribution >= 0.6 is 23.1 Å². The summed E-state index contributed by atoms with van der Waals surface area (Å²) in [4.78, 5) is 15.0. The van der Waals surface area contributed by atoms with Gasteiger partial charge in [0.05, 0.1) is 6.04 Å². The van der Waals surface area contributed by atoms with E-state index in [1.165, 1.54) is 4.88 Å². The summed E-state index contributed by atoms with van der Waals surface area (Å²) in [5.41, 5.74) is 0.727. The number of thioether (sulfide) groups is 1. The van der Waals surface area contributed by atoms with Gasteiger partial charge >= 0.3 is 0 Å². The fourth-order valence-corrected chi connectivity index (χ4v) is 4.26. The Morgan fingerprint density at radius 1 is 1.30 bits per heavy atom. The topological polar surface area (TPSA) is 38.3 Å². The Kier molecular flexibility index (Phi) is 5.75. The zero-order valence-electron chi connectivity index (χ0n) is 13.2. The lowest BCUT2D eigenvalue weighted by molar-refractivity contribution is 0.0518. The lowest BCUT2D eigenvalue weighted by atomic mass is 9.90. The first kappa shape index (κ1) is 16.6. The Morgan fingerprint density at radius 2 is 2.13 bits per heavy atom. The summed E-state index contributed by atoms with van der Waals surface area (Å²) in [6.45, 7) is 1.56. The van der Waals surface area contributed by atoms with Gasteiger partial charge in [0.1, 0.15) is 0 Å². The van der Waals surface area contributed by atoms with Crippen molar-refractivity contribution in [2.75, 3.05) is 19.5 Å². The van der Waals surface area contributed by atoms with Gasteiger partial charge in [0.25, 0.3) is 5.91 Å². The number of carbonyl (C=O) groups excluding carboxylic acids is 1. The molecule has 1 aliphatic rings. The van der Waals surface area contributed by atoms with Crippen LogP contribution < -0.4 is 5.32 Å². The molecule has 1 aromatic heterocycles. The van der Waals surface area contributed by atoms with Crippen molar-refractivity contribution in [3.05, 3.63) is 52.2 Å². The molecule has 122 valence electrons. The van der Waals surface area contributed by atoms with E-state index in [0.29, 0.717) is 5.92 Å². The van der Waals surface area contributed by atoms with E-state index in [9.17, 15) is 4.79 Å². The molecule has 0 saturated carbocycles. The van der Waals surface area contributed by atoms with E-state index in [0.717, 1.165) is 36.5 Å². The van der Waals surface area contributed by atoms with E-state index in [2.05, 4.69) is 16.8 Å². The number of rotatable bonds is 5. The van der Waals surface area contributed by atoms with Crippen LogP contribution in [0.5, 0.6) is 0 Å². The SMILES string of the molecule is CSc1cccc(C(=O)NC(c2cccs2)C2CCOCC2)c1. The molecule has 0 aliphatic carbocycles. The van der Waals surface area contributed by atoms with Crippen LogP contribution in [-0.4, -0.2) is 25.4 Å². The molecule has 1 aliphatic heterocycles. The van der Waals surface area contributed by atoms with Crippen molar-refractivity contribution in [1.82, 2.24) is 5.32 Å². The fourth-order valence-electron chi connectivity index (χ4n) is 2.93.